The zero-order valence-electron chi connectivity index (χ0n) is 6.24. The van der Waals surface area contributed by atoms with Crippen molar-refractivity contribution in [1.29, 1.82) is 0 Å². The van der Waals surface area contributed by atoms with Gasteiger partial charge in [-0.1, -0.05) is 0 Å². The minimum Gasteiger partial charge on any atom is -0.369 e. The van der Waals surface area contributed by atoms with Crippen LogP contribution in [0, 0.1) is 6.92 Å². The number of amides is 1. The summed E-state index contributed by atoms with van der Waals surface area (Å²) in [6.45, 7) is 1.82. The molecule has 1 amide bonds. The van der Waals surface area contributed by atoms with Crippen LogP contribution in [-0.4, -0.2) is 15.9 Å². The summed E-state index contributed by atoms with van der Waals surface area (Å²) in [6.07, 6.45) is 3.26. The van der Waals surface area contributed by atoms with Gasteiger partial charge in [0.15, 0.2) is 0 Å². The van der Waals surface area contributed by atoms with Gasteiger partial charge in [0.05, 0.1) is 6.42 Å². The van der Waals surface area contributed by atoms with Gasteiger partial charge in [0.2, 0.25) is 5.91 Å². The van der Waals surface area contributed by atoms with E-state index in [9.17, 15) is 4.79 Å². The molecule has 0 aliphatic carbocycles. The molecule has 4 nitrogen and oxygen atoms in total. The molecule has 11 heavy (non-hydrogen) atoms. The number of primary amides is 1. The van der Waals surface area contributed by atoms with Gasteiger partial charge in [0.1, 0.15) is 6.33 Å². The van der Waals surface area contributed by atoms with Crippen molar-refractivity contribution in [2.24, 2.45) is 5.73 Å². The number of hydrogen-bond donors (Lipinski definition) is 1. The maximum Gasteiger partial charge on any atom is 0.221 e. The van der Waals surface area contributed by atoms with E-state index in [-0.39, 0.29) is 12.3 Å². The average Bonchev–Trinajstić information content (AvgIpc) is 1.93. The summed E-state index contributed by atoms with van der Waals surface area (Å²) >= 11 is 0. The summed E-state index contributed by atoms with van der Waals surface area (Å²) < 4.78 is 0. The van der Waals surface area contributed by atoms with Crippen molar-refractivity contribution < 1.29 is 4.79 Å². The van der Waals surface area contributed by atoms with E-state index in [4.69, 9.17) is 5.73 Å². The number of nitrogens with zero attached hydrogens (tertiary/aromatic N) is 2. The normalized spacial score (nSPS) is 9.55. The van der Waals surface area contributed by atoms with Crippen molar-refractivity contribution in [2.45, 2.75) is 13.3 Å². The molecule has 0 aromatic carbocycles. The fourth-order valence-electron chi connectivity index (χ4n) is 0.781. The lowest BCUT2D eigenvalue weighted by atomic mass is 10.2. The number of nitrogens with two attached hydrogens (primary N) is 1. The molecule has 1 aromatic rings. The molecule has 1 aromatic heterocycles. The SMILES string of the molecule is Cc1ncncc1CC(N)=O. The van der Waals surface area contributed by atoms with Gasteiger partial charge in [0.25, 0.3) is 0 Å². The van der Waals surface area contributed by atoms with Crippen molar-refractivity contribution >= 4 is 5.91 Å². The Hall–Kier alpha value is -1.45. The Morgan fingerprint density at radius 2 is 2.45 bits per heavy atom. The summed E-state index contributed by atoms with van der Waals surface area (Å²) in [7, 11) is 0. The van der Waals surface area contributed by atoms with E-state index in [2.05, 4.69) is 9.97 Å². The number of aryl methyl sites for hydroxylation is 1. The number of carbonyl (C=O) groups excluding carboxylic acids is 1. The minimum absolute atomic E-state index is 0.215. The zero-order chi connectivity index (χ0) is 8.27. The van der Waals surface area contributed by atoms with E-state index in [1.807, 2.05) is 6.92 Å². The van der Waals surface area contributed by atoms with E-state index in [1.54, 1.807) is 6.20 Å². The van der Waals surface area contributed by atoms with E-state index in [0.29, 0.717) is 0 Å². The molecule has 58 valence electrons. The second-order valence-electron chi connectivity index (χ2n) is 2.28. The molecule has 1 rings (SSSR count). The summed E-state index contributed by atoms with van der Waals surface area (Å²) in [5, 5.41) is 0. The van der Waals surface area contributed by atoms with Gasteiger partial charge in [-0.25, -0.2) is 9.97 Å². The highest BCUT2D eigenvalue weighted by atomic mass is 16.1. The molecule has 0 atom stereocenters. The van der Waals surface area contributed by atoms with Gasteiger partial charge >= 0.3 is 0 Å². The van der Waals surface area contributed by atoms with Crippen LogP contribution in [0.15, 0.2) is 12.5 Å². The number of rotatable bonds is 2. The second kappa shape index (κ2) is 3.09. The molecule has 1 heterocycles. The van der Waals surface area contributed by atoms with Gasteiger partial charge in [0, 0.05) is 17.5 Å². The first-order valence-corrected chi connectivity index (χ1v) is 3.24. The number of hydrogen-bond acceptors (Lipinski definition) is 3. The third-order valence-corrected chi connectivity index (χ3v) is 1.38. The molecule has 0 saturated carbocycles. The topological polar surface area (TPSA) is 68.9 Å². The lowest BCUT2D eigenvalue weighted by Crippen LogP contribution is -2.14. The van der Waals surface area contributed by atoms with Gasteiger partial charge in [-0.3, -0.25) is 4.79 Å². The molecule has 0 radical (unpaired) electrons. The molecule has 2 N–H and O–H groups in total. The summed E-state index contributed by atoms with van der Waals surface area (Å²) in [5.41, 5.74) is 6.59. The van der Waals surface area contributed by atoms with E-state index in [0.717, 1.165) is 11.3 Å². The van der Waals surface area contributed by atoms with E-state index in [1.165, 1.54) is 6.33 Å². The van der Waals surface area contributed by atoms with Gasteiger partial charge in [-0.15, -0.1) is 0 Å². The Morgan fingerprint density at radius 3 is 3.00 bits per heavy atom. The third-order valence-electron chi connectivity index (χ3n) is 1.38. The number of aromatic nitrogens is 2. The molecule has 0 spiro atoms. The molecule has 0 unspecified atom stereocenters. The molecular weight excluding hydrogens is 142 g/mol. The van der Waals surface area contributed by atoms with Gasteiger partial charge < -0.3 is 5.73 Å². The first kappa shape index (κ1) is 7.65. The average molecular weight is 151 g/mol. The number of carbonyl (C=O) groups is 1. The fourth-order valence-corrected chi connectivity index (χ4v) is 0.781. The first-order chi connectivity index (χ1) is 5.20. The second-order valence-corrected chi connectivity index (χ2v) is 2.28. The molecule has 4 heteroatoms. The largest absolute Gasteiger partial charge is 0.369 e. The van der Waals surface area contributed by atoms with E-state index >= 15 is 0 Å². The van der Waals surface area contributed by atoms with Crippen LogP contribution in [0.5, 0.6) is 0 Å². The molecule has 0 aliphatic heterocycles. The van der Waals surface area contributed by atoms with Crippen molar-refractivity contribution in [3.63, 3.8) is 0 Å². The molecule has 0 fully saturated rings. The van der Waals surface area contributed by atoms with Crippen LogP contribution in [0.3, 0.4) is 0 Å². The maximum absolute atomic E-state index is 10.5. The van der Waals surface area contributed by atoms with Crippen LogP contribution in [0.4, 0.5) is 0 Å². The highest BCUT2D eigenvalue weighted by Crippen LogP contribution is 2.01. The van der Waals surface area contributed by atoms with Gasteiger partial charge in [-0.05, 0) is 6.92 Å². The van der Waals surface area contributed by atoms with Crippen LogP contribution < -0.4 is 5.73 Å². The van der Waals surface area contributed by atoms with Gasteiger partial charge in [-0.2, -0.15) is 0 Å². The summed E-state index contributed by atoms with van der Waals surface area (Å²) in [6, 6.07) is 0. The maximum atomic E-state index is 10.5. The Labute approximate surface area is 64.5 Å². The Morgan fingerprint density at radius 1 is 1.73 bits per heavy atom. The van der Waals surface area contributed by atoms with E-state index < -0.39 is 0 Å². The quantitative estimate of drug-likeness (QED) is 0.637. The predicted molar refractivity (Wildman–Crippen MR) is 39.7 cm³/mol. The minimum atomic E-state index is -0.358. The zero-order valence-corrected chi connectivity index (χ0v) is 6.24. The molecular formula is C7H9N3O. The Kier molecular flexibility index (Phi) is 2.15. The third kappa shape index (κ3) is 2.00. The van der Waals surface area contributed by atoms with Crippen molar-refractivity contribution in [3.8, 4) is 0 Å². The monoisotopic (exact) mass is 151 g/mol. The van der Waals surface area contributed by atoms with Crippen LogP contribution in [-0.2, 0) is 11.2 Å². The Balaban J connectivity index is 2.86. The van der Waals surface area contributed by atoms with Crippen LogP contribution in [0.2, 0.25) is 0 Å². The van der Waals surface area contributed by atoms with Crippen LogP contribution >= 0.6 is 0 Å². The predicted octanol–water partition coefficient (Wildman–Crippen LogP) is -0.187. The lowest BCUT2D eigenvalue weighted by molar-refractivity contribution is -0.117. The molecule has 0 bridgehead atoms. The van der Waals surface area contributed by atoms with Crippen molar-refractivity contribution in [3.05, 3.63) is 23.8 Å². The standard InChI is InChI=1S/C7H9N3O/c1-5-6(2-7(8)11)3-9-4-10-5/h3-4H,2H2,1H3,(H2,8,11). The van der Waals surface area contributed by atoms with Crippen molar-refractivity contribution in [1.82, 2.24) is 9.97 Å². The van der Waals surface area contributed by atoms with Crippen molar-refractivity contribution in [2.75, 3.05) is 0 Å². The summed E-state index contributed by atoms with van der Waals surface area (Å²) in [5.74, 6) is -0.358. The fraction of sp³-hybridized carbons (Fsp3) is 0.286. The summed E-state index contributed by atoms with van der Waals surface area (Å²) in [4.78, 5) is 18.2. The molecule has 0 saturated heterocycles. The highest BCUT2D eigenvalue weighted by Gasteiger charge is 2.01. The van der Waals surface area contributed by atoms with Crippen LogP contribution in [0.1, 0.15) is 11.3 Å². The first-order valence-electron chi connectivity index (χ1n) is 3.24. The smallest absolute Gasteiger partial charge is 0.221 e. The highest BCUT2D eigenvalue weighted by molar-refractivity contribution is 5.76. The Bertz CT molecular complexity index is 272. The van der Waals surface area contributed by atoms with Crippen LogP contribution in [0.25, 0.3) is 0 Å². The lowest BCUT2D eigenvalue weighted by Gasteiger charge is -1.98. The molecule has 0 aliphatic rings.